The number of rotatable bonds is 6. The highest BCUT2D eigenvalue weighted by molar-refractivity contribution is 5.94. The largest absolute Gasteiger partial charge is 0.392 e. The van der Waals surface area contributed by atoms with Gasteiger partial charge in [-0.1, -0.05) is 6.07 Å². The van der Waals surface area contributed by atoms with E-state index in [4.69, 9.17) is 0 Å². The minimum Gasteiger partial charge on any atom is -0.392 e. The van der Waals surface area contributed by atoms with Gasteiger partial charge in [-0.15, -0.1) is 0 Å². The molecule has 1 amide bonds. The topological polar surface area (TPSA) is 52.6 Å². The van der Waals surface area contributed by atoms with Crippen molar-refractivity contribution >= 4 is 11.6 Å². The van der Waals surface area contributed by atoms with Gasteiger partial charge in [-0.05, 0) is 69.8 Å². The van der Waals surface area contributed by atoms with Crippen LogP contribution in [0, 0.1) is 19.8 Å². The van der Waals surface area contributed by atoms with E-state index in [1.165, 1.54) is 0 Å². The molecule has 4 nitrogen and oxygen atoms in total. The molecule has 1 aliphatic carbocycles. The van der Waals surface area contributed by atoms with Crippen LogP contribution in [-0.2, 0) is 4.79 Å². The van der Waals surface area contributed by atoms with Gasteiger partial charge < -0.3 is 10.4 Å². The molecule has 2 atom stereocenters. The van der Waals surface area contributed by atoms with E-state index < -0.39 is 0 Å². The summed E-state index contributed by atoms with van der Waals surface area (Å²) in [5.74, 6) is 0.396. The fraction of sp³-hybridized carbons (Fsp3) is 0.588. The fourth-order valence-corrected chi connectivity index (χ4v) is 2.58. The molecule has 2 rings (SSSR count). The maximum Gasteiger partial charge on any atom is 0.241 e. The molecule has 2 unspecified atom stereocenters. The number of nitrogens with one attached hydrogen (secondary N) is 1. The van der Waals surface area contributed by atoms with Gasteiger partial charge >= 0.3 is 0 Å². The molecule has 1 aromatic rings. The Labute approximate surface area is 127 Å². The van der Waals surface area contributed by atoms with Gasteiger partial charge in [0, 0.05) is 12.2 Å². The number of hydrogen-bond acceptors (Lipinski definition) is 3. The number of hydrogen-bond donors (Lipinski definition) is 2. The van der Waals surface area contributed by atoms with Gasteiger partial charge in [-0.25, -0.2) is 0 Å². The predicted octanol–water partition coefficient (Wildman–Crippen LogP) is 2.33. The molecule has 0 heterocycles. The molecule has 116 valence electrons. The Bertz CT molecular complexity index is 491. The maximum absolute atomic E-state index is 12.3. The van der Waals surface area contributed by atoms with Crippen LogP contribution in [0.5, 0.6) is 0 Å². The fourth-order valence-electron chi connectivity index (χ4n) is 2.58. The van der Waals surface area contributed by atoms with Crippen LogP contribution in [0.25, 0.3) is 0 Å². The minimum atomic E-state index is -0.313. The number of nitrogens with zero attached hydrogens (tertiary/aromatic N) is 1. The van der Waals surface area contributed by atoms with E-state index in [1.54, 1.807) is 0 Å². The lowest BCUT2D eigenvalue weighted by molar-refractivity contribution is -0.120. The monoisotopic (exact) mass is 290 g/mol. The molecular weight excluding hydrogens is 264 g/mol. The molecule has 0 saturated heterocycles. The number of carbonyl (C=O) groups is 1. The normalized spacial score (nSPS) is 17.6. The maximum atomic E-state index is 12.3. The lowest BCUT2D eigenvalue weighted by Crippen LogP contribution is -2.43. The number of carbonyl (C=O) groups excluding carboxylic acids is 1. The Morgan fingerprint density at radius 3 is 2.43 bits per heavy atom. The second kappa shape index (κ2) is 6.58. The first-order valence-electron chi connectivity index (χ1n) is 7.64. The number of aliphatic hydroxyl groups is 1. The molecule has 1 aromatic carbocycles. The number of aliphatic hydroxyl groups excluding tert-OH is 1. The number of aryl methyl sites for hydroxylation is 2. The third-order valence-corrected chi connectivity index (χ3v) is 4.17. The summed E-state index contributed by atoms with van der Waals surface area (Å²) in [6, 6.07) is 5.75. The summed E-state index contributed by atoms with van der Waals surface area (Å²) in [7, 11) is 1.89. The Balaban J connectivity index is 1.91. The van der Waals surface area contributed by atoms with E-state index in [0.29, 0.717) is 12.5 Å². The Hall–Kier alpha value is -1.39. The van der Waals surface area contributed by atoms with Crippen LogP contribution in [0.15, 0.2) is 18.2 Å². The van der Waals surface area contributed by atoms with E-state index in [-0.39, 0.29) is 18.1 Å². The Kier molecular flexibility index (Phi) is 5.01. The molecule has 2 N–H and O–H groups in total. The van der Waals surface area contributed by atoms with Crippen LogP contribution in [0.2, 0.25) is 0 Å². The van der Waals surface area contributed by atoms with Crippen molar-refractivity contribution < 1.29 is 9.90 Å². The van der Waals surface area contributed by atoms with E-state index in [2.05, 4.69) is 11.4 Å². The smallest absolute Gasteiger partial charge is 0.241 e. The molecule has 1 saturated carbocycles. The molecule has 0 radical (unpaired) electrons. The van der Waals surface area contributed by atoms with Gasteiger partial charge in [0.1, 0.15) is 0 Å². The van der Waals surface area contributed by atoms with Gasteiger partial charge in [0.15, 0.2) is 0 Å². The van der Waals surface area contributed by atoms with Crippen molar-refractivity contribution in [1.29, 1.82) is 0 Å². The molecule has 1 fully saturated rings. The van der Waals surface area contributed by atoms with Crippen molar-refractivity contribution in [3.05, 3.63) is 29.3 Å². The first kappa shape index (κ1) is 16.0. The standard InChI is InChI=1S/C17H26N2O2/c1-11-7-12(2)9-15(8-11)18-17(21)13(3)19(4)10-16(20)14-5-6-14/h7-9,13-14,16,20H,5-6,10H2,1-4H3,(H,18,21). The highest BCUT2D eigenvalue weighted by atomic mass is 16.3. The Morgan fingerprint density at radius 2 is 1.90 bits per heavy atom. The first-order chi connectivity index (χ1) is 9.86. The van der Waals surface area contributed by atoms with Gasteiger partial charge in [0.25, 0.3) is 0 Å². The summed E-state index contributed by atoms with van der Waals surface area (Å²) in [5, 5.41) is 12.9. The van der Waals surface area contributed by atoms with Crippen LogP contribution >= 0.6 is 0 Å². The van der Waals surface area contributed by atoms with Crippen LogP contribution in [0.3, 0.4) is 0 Å². The second-order valence-corrected chi connectivity index (χ2v) is 6.39. The van der Waals surface area contributed by atoms with Gasteiger partial charge in [0.05, 0.1) is 12.1 Å². The van der Waals surface area contributed by atoms with E-state index in [9.17, 15) is 9.90 Å². The second-order valence-electron chi connectivity index (χ2n) is 6.39. The number of amides is 1. The van der Waals surface area contributed by atoms with E-state index in [1.807, 2.05) is 44.9 Å². The van der Waals surface area contributed by atoms with Crippen molar-refractivity contribution in [3.63, 3.8) is 0 Å². The zero-order chi connectivity index (χ0) is 15.6. The van der Waals surface area contributed by atoms with Crippen LogP contribution in [0.4, 0.5) is 5.69 Å². The average Bonchev–Trinajstić information content (AvgIpc) is 3.20. The lowest BCUT2D eigenvalue weighted by atomic mass is 10.1. The zero-order valence-electron chi connectivity index (χ0n) is 13.4. The summed E-state index contributed by atoms with van der Waals surface area (Å²) in [6.07, 6.45) is 1.91. The molecule has 0 bridgehead atoms. The number of likely N-dealkylation sites (N-methyl/N-ethyl adjacent to an activating group) is 1. The molecule has 0 spiro atoms. The van der Waals surface area contributed by atoms with Gasteiger partial charge in [-0.3, -0.25) is 9.69 Å². The summed E-state index contributed by atoms with van der Waals surface area (Å²) in [5.41, 5.74) is 3.10. The molecule has 21 heavy (non-hydrogen) atoms. The minimum absolute atomic E-state index is 0.0366. The van der Waals surface area contributed by atoms with Gasteiger partial charge in [0.2, 0.25) is 5.91 Å². The van der Waals surface area contributed by atoms with Crippen LogP contribution in [-0.4, -0.2) is 41.7 Å². The molecule has 0 aromatic heterocycles. The zero-order valence-corrected chi connectivity index (χ0v) is 13.4. The van der Waals surface area contributed by atoms with Crippen LogP contribution in [0.1, 0.15) is 30.9 Å². The predicted molar refractivity (Wildman–Crippen MR) is 85.4 cm³/mol. The number of benzene rings is 1. The van der Waals surface area contributed by atoms with Crippen molar-refractivity contribution in [2.75, 3.05) is 18.9 Å². The summed E-state index contributed by atoms with van der Waals surface area (Å²) in [4.78, 5) is 14.2. The molecule has 0 aliphatic heterocycles. The summed E-state index contributed by atoms with van der Waals surface area (Å²) >= 11 is 0. The molecular formula is C17H26N2O2. The third kappa shape index (κ3) is 4.55. The first-order valence-corrected chi connectivity index (χ1v) is 7.64. The SMILES string of the molecule is Cc1cc(C)cc(NC(=O)C(C)N(C)CC(O)C2CC2)c1. The quantitative estimate of drug-likeness (QED) is 0.845. The number of anilines is 1. The molecule has 4 heteroatoms. The lowest BCUT2D eigenvalue weighted by Gasteiger charge is -2.26. The molecule has 1 aliphatic rings. The van der Waals surface area contributed by atoms with E-state index in [0.717, 1.165) is 29.7 Å². The summed E-state index contributed by atoms with van der Waals surface area (Å²) in [6.45, 7) is 6.46. The van der Waals surface area contributed by atoms with Crippen molar-refractivity contribution in [2.24, 2.45) is 5.92 Å². The van der Waals surface area contributed by atoms with Crippen molar-refractivity contribution in [1.82, 2.24) is 4.90 Å². The highest BCUT2D eigenvalue weighted by Crippen LogP contribution is 2.32. The third-order valence-electron chi connectivity index (χ3n) is 4.17. The van der Waals surface area contributed by atoms with Crippen LogP contribution < -0.4 is 5.32 Å². The average molecular weight is 290 g/mol. The Morgan fingerprint density at radius 1 is 1.33 bits per heavy atom. The van der Waals surface area contributed by atoms with E-state index >= 15 is 0 Å². The van der Waals surface area contributed by atoms with Crippen molar-refractivity contribution in [3.8, 4) is 0 Å². The van der Waals surface area contributed by atoms with Gasteiger partial charge in [-0.2, -0.15) is 0 Å². The highest BCUT2D eigenvalue weighted by Gasteiger charge is 2.31. The summed E-state index contributed by atoms with van der Waals surface area (Å²) < 4.78 is 0. The van der Waals surface area contributed by atoms with Crippen molar-refractivity contribution in [2.45, 2.75) is 45.8 Å².